The fourth-order valence-electron chi connectivity index (χ4n) is 5.70. The van der Waals surface area contributed by atoms with Crippen LogP contribution in [-0.2, 0) is 23.9 Å². The van der Waals surface area contributed by atoms with Crippen molar-refractivity contribution in [1.82, 2.24) is 0 Å². The monoisotopic (exact) mass is 562 g/mol. The molecule has 9 heteroatoms. The summed E-state index contributed by atoms with van der Waals surface area (Å²) in [5, 5.41) is 11.3. The van der Waals surface area contributed by atoms with Crippen LogP contribution in [0.15, 0.2) is 33.5 Å². The van der Waals surface area contributed by atoms with E-state index < -0.39 is 23.1 Å². The predicted octanol–water partition coefficient (Wildman–Crippen LogP) is 6.24. The molecule has 3 aromatic rings. The summed E-state index contributed by atoms with van der Waals surface area (Å²) in [7, 11) is 0. The van der Waals surface area contributed by atoms with Crippen LogP contribution in [0.3, 0.4) is 0 Å². The first-order chi connectivity index (χ1) is 18.9. The van der Waals surface area contributed by atoms with Gasteiger partial charge in [0.1, 0.15) is 43.3 Å². The highest BCUT2D eigenvalue weighted by Crippen LogP contribution is 2.41. The van der Waals surface area contributed by atoms with Gasteiger partial charge in [-0.25, -0.2) is 0 Å². The maximum Gasteiger partial charge on any atom is 0.453 e. The van der Waals surface area contributed by atoms with Gasteiger partial charge in [0.2, 0.25) is 11.2 Å². The molecule has 40 heavy (non-hydrogen) atoms. The Morgan fingerprint density at radius 3 is 2.27 bits per heavy atom. The third kappa shape index (κ3) is 6.81. The number of phenolic OH excluding ortho intramolecular Hbond substituents is 1. The zero-order valence-electron chi connectivity index (χ0n) is 23.8. The normalized spacial score (nSPS) is 19.8. The number of alkyl halides is 3. The molecule has 0 radical (unpaired) electrons. The van der Waals surface area contributed by atoms with Crippen molar-refractivity contribution in [3.63, 3.8) is 0 Å². The fraction of sp³-hybridized carbons (Fsp3) is 0.516. The first-order valence-electron chi connectivity index (χ1n) is 14.0. The minimum Gasteiger partial charge on any atom is -0.507 e. The van der Waals surface area contributed by atoms with Crippen LogP contribution in [0.25, 0.3) is 11.0 Å². The molecule has 0 saturated carbocycles. The number of aryl methyl sites for hydroxylation is 3. The number of halogens is 3. The van der Waals surface area contributed by atoms with Crippen LogP contribution in [0.1, 0.15) is 74.5 Å². The molecule has 2 aromatic carbocycles. The third-order valence-electron chi connectivity index (χ3n) is 7.30. The molecule has 1 aliphatic heterocycles. The van der Waals surface area contributed by atoms with Crippen molar-refractivity contribution in [2.45, 2.75) is 91.7 Å². The minimum atomic E-state index is -5.00. The number of unbranched alkanes of at least 4 members (excludes halogenated alkanes) is 3. The first kappa shape index (κ1) is 29.9. The van der Waals surface area contributed by atoms with E-state index in [1.807, 2.05) is 19.9 Å². The number of benzene rings is 2. The number of ether oxygens (including phenoxy) is 2. The van der Waals surface area contributed by atoms with E-state index >= 15 is 0 Å². The lowest BCUT2D eigenvalue weighted by Gasteiger charge is -2.32. The van der Waals surface area contributed by atoms with Crippen molar-refractivity contribution < 1.29 is 37.1 Å². The zero-order chi connectivity index (χ0) is 29.2. The molecule has 1 saturated heterocycles. The third-order valence-corrected chi connectivity index (χ3v) is 7.30. The Labute approximate surface area is 232 Å². The van der Waals surface area contributed by atoms with Gasteiger partial charge >= 0.3 is 6.18 Å². The molecule has 0 spiro atoms. The molecule has 1 fully saturated rings. The van der Waals surface area contributed by atoms with E-state index in [-0.39, 0.29) is 46.8 Å². The summed E-state index contributed by atoms with van der Waals surface area (Å²) in [6.07, 6.45) is -0.831. The Bertz CT molecular complexity index is 1380. The number of fused-ring (bicyclic) bond motifs is 1. The predicted molar refractivity (Wildman–Crippen MR) is 147 cm³/mol. The molecule has 2 heterocycles. The highest BCUT2D eigenvalue weighted by molar-refractivity contribution is 5.85. The summed E-state index contributed by atoms with van der Waals surface area (Å²) in [5.74, 6) is -2.41. The van der Waals surface area contributed by atoms with Gasteiger partial charge in [0.15, 0.2) is 5.58 Å². The van der Waals surface area contributed by atoms with Crippen LogP contribution in [-0.4, -0.2) is 30.4 Å². The van der Waals surface area contributed by atoms with E-state index in [9.17, 15) is 23.1 Å². The molecule has 3 atom stereocenters. The number of phenols is 1. The topological polar surface area (TPSA) is 73.3 Å². The molecule has 4 rings (SSSR count). The number of hydrogen-bond donors (Lipinski definition) is 2. The molecule has 2 N–H and O–H groups in total. The lowest BCUT2D eigenvalue weighted by Crippen LogP contribution is -3.14. The molecular formula is C31H39F3NO5+. The van der Waals surface area contributed by atoms with Crippen LogP contribution in [0.2, 0.25) is 0 Å². The number of morpholine rings is 1. The maximum atomic E-state index is 14.3. The number of nitrogens with one attached hydrogen (secondary N) is 1. The van der Waals surface area contributed by atoms with Gasteiger partial charge < -0.3 is 23.9 Å². The summed E-state index contributed by atoms with van der Waals surface area (Å²) in [6.45, 7) is 11.0. The van der Waals surface area contributed by atoms with Crippen molar-refractivity contribution in [2.24, 2.45) is 0 Å². The van der Waals surface area contributed by atoms with E-state index in [2.05, 4.69) is 6.92 Å². The Morgan fingerprint density at radius 2 is 1.68 bits per heavy atom. The molecule has 6 nitrogen and oxygen atoms in total. The number of aromatic hydroxyl groups is 1. The van der Waals surface area contributed by atoms with E-state index in [1.54, 1.807) is 26.0 Å². The average Bonchev–Trinajstić information content (AvgIpc) is 2.84. The van der Waals surface area contributed by atoms with E-state index in [0.29, 0.717) is 25.1 Å². The highest BCUT2D eigenvalue weighted by Gasteiger charge is 2.41. The summed E-state index contributed by atoms with van der Waals surface area (Å²) >= 11 is 0. The van der Waals surface area contributed by atoms with Crippen LogP contribution in [0.5, 0.6) is 17.2 Å². The molecule has 1 aromatic heterocycles. The van der Waals surface area contributed by atoms with Crippen molar-refractivity contribution in [3.05, 3.63) is 62.5 Å². The van der Waals surface area contributed by atoms with Crippen LogP contribution < -0.4 is 15.1 Å². The van der Waals surface area contributed by atoms with Gasteiger partial charge in [-0.05, 0) is 75.4 Å². The molecule has 218 valence electrons. The summed E-state index contributed by atoms with van der Waals surface area (Å²) in [4.78, 5) is 14.8. The summed E-state index contributed by atoms with van der Waals surface area (Å²) in [6, 6.07) is 6.47. The average molecular weight is 563 g/mol. The summed E-state index contributed by atoms with van der Waals surface area (Å²) in [5.41, 5.74) is 1.14. The van der Waals surface area contributed by atoms with Crippen molar-refractivity contribution in [1.29, 1.82) is 0 Å². The second-order valence-corrected chi connectivity index (χ2v) is 11.2. The molecule has 0 bridgehead atoms. The Morgan fingerprint density at radius 1 is 1.02 bits per heavy atom. The second kappa shape index (κ2) is 12.2. The second-order valence-electron chi connectivity index (χ2n) is 11.2. The van der Waals surface area contributed by atoms with Gasteiger partial charge in [0.25, 0.3) is 5.76 Å². The molecule has 1 unspecified atom stereocenters. The molecular weight excluding hydrogens is 523 g/mol. The molecule has 0 aliphatic carbocycles. The quantitative estimate of drug-likeness (QED) is 0.302. The van der Waals surface area contributed by atoms with E-state index in [1.165, 1.54) is 6.07 Å². The first-order valence-corrected chi connectivity index (χ1v) is 14.0. The smallest absolute Gasteiger partial charge is 0.453 e. The van der Waals surface area contributed by atoms with Gasteiger partial charge in [0, 0.05) is 0 Å². The lowest BCUT2D eigenvalue weighted by molar-refractivity contribution is -0.928. The lowest BCUT2D eigenvalue weighted by atomic mass is 9.98. The number of quaternary nitrogens is 1. The van der Waals surface area contributed by atoms with E-state index in [4.69, 9.17) is 13.9 Å². The largest absolute Gasteiger partial charge is 0.507 e. The van der Waals surface area contributed by atoms with Crippen LogP contribution >= 0.6 is 0 Å². The van der Waals surface area contributed by atoms with Crippen molar-refractivity contribution in [2.75, 3.05) is 13.1 Å². The van der Waals surface area contributed by atoms with Crippen molar-refractivity contribution >= 4 is 11.0 Å². The van der Waals surface area contributed by atoms with Crippen molar-refractivity contribution in [3.8, 4) is 17.2 Å². The molecule has 1 aliphatic rings. The SMILES string of the molecule is CCCCCCc1cc2c(=O)c(Oc3cc(C)cc(C)c3)c(C(F)(F)F)oc2c(C[NH+]2C[C@@H](C)O[C@@H](C)C2)c1O. The van der Waals surface area contributed by atoms with E-state index in [0.717, 1.165) is 41.7 Å². The van der Waals surface area contributed by atoms with Gasteiger partial charge in [-0.2, -0.15) is 13.2 Å². The minimum absolute atomic E-state index is 0.0283. The summed E-state index contributed by atoms with van der Waals surface area (Å²) < 4.78 is 60.0. The van der Waals surface area contributed by atoms with Gasteiger partial charge in [-0.1, -0.05) is 32.3 Å². The molecule has 0 amide bonds. The Hall–Kier alpha value is -3.04. The van der Waals surface area contributed by atoms with Gasteiger partial charge in [-0.15, -0.1) is 0 Å². The van der Waals surface area contributed by atoms with Gasteiger partial charge in [0.05, 0.1) is 10.9 Å². The zero-order valence-corrected chi connectivity index (χ0v) is 23.8. The van der Waals surface area contributed by atoms with Crippen LogP contribution in [0, 0.1) is 13.8 Å². The standard InChI is InChI=1S/C31H38F3NO5/c1-6-7-8-9-10-22-14-24-27(37)29(39-23-12-18(2)11-19(3)13-23)30(31(32,33)34)40-28(24)25(26(22)36)17-35-15-20(4)38-21(5)16-35/h11-14,20-21,36H,6-10,15-17H2,1-5H3/p+1/t20-,21+. The fourth-order valence-corrected chi connectivity index (χ4v) is 5.70. The Balaban J connectivity index is 1.90. The highest BCUT2D eigenvalue weighted by atomic mass is 19.4. The maximum absolute atomic E-state index is 14.3. The number of hydrogen-bond acceptors (Lipinski definition) is 5. The Kier molecular flexibility index (Phi) is 9.15. The van der Waals surface area contributed by atoms with Crippen LogP contribution in [0.4, 0.5) is 13.2 Å². The number of rotatable bonds is 9. The van der Waals surface area contributed by atoms with Gasteiger partial charge in [-0.3, -0.25) is 4.79 Å².